The van der Waals surface area contributed by atoms with Gasteiger partial charge in [0.2, 0.25) is 5.88 Å². The van der Waals surface area contributed by atoms with Gasteiger partial charge in [0.15, 0.2) is 0 Å². The van der Waals surface area contributed by atoms with E-state index in [2.05, 4.69) is 14.9 Å². The highest BCUT2D eigenvalue weighted by molar-refractivity contribution is 5.18. The van der Waals surface area contributed by atoms with E-state index in [0.29, 0.717) is 18.0 Å². The maximum atomic E-state index is 13.7. The Labute approximate surface area is 134 Å². The number of rotatable bonds is 4. The first-order chi connectivity index (χ1) is 11.1. The molecule has 2 aromatic rings. The summed E-state index contributed by atoms with van der Waals surface area (Å²) < 4.78 is 32.5. The SMILES string of the molecule is Cc1cncc(OC2CCN(Cc3ccc(F)cc3F)CC2)n1. The molecule has 6 heteroatoms. The van der Waals surface area contributed by atoms with E-state index >= 15 is 0 Å². The minimum absolute atomic E-state index is 0.0976. The molecule has 0 saturated carbocycles. The number of nitrogens with zero attached hydrogens (tertiary/aromatic N) is 3. The fraction of sp³-hybridized carbons (Fsp3) is 0.412. The van der Waals surface area contributed by atoms with E-state index in [0.717, 1.165) is 37.7 Å². The molecule has 0 unspecified atom stereocenters. The molecular formula is C17H19F2N3O. The molecule has 1 aliphatic heterocycles. The maximum absolute atomic E-state index is 13.7. The number of piperidine rings is 1. The second-order valence-corrected chi connectivity index (χ2v) is 5.83. The lowest BCUT2D eigenvalue weighted by Crippen LogP contribution is -2.38. The average Bonchev–Trinajstić information content (AvgIpc) is 2.52. The van der Waals surface area contributed by atoms with E-state index in [9.17, 15) is 8.78 Å². The van der Waals surface area contributed by atoms with Crippen molar-refractivity contribution in [2.24, 2.45) is 0 Å². The number of halogens is 2. The van der Waals surface area contributed by atoms with E-state index < -0.39 is 11.6 Å². The highest BCUT2D eigenvalue weighted by Crippen LogP contribution is 2.19. The van der Waals surface area contributed by atoms with Gasteiger partial charge in [0.1, 0.15) is 17.7 Å². The van der Waals surface area contributed by atoms with Gasteiger partial charge in [0.05, 0.1) is 11.9 Å². The molecule has 0 spiro atoms. The summed E-state index contributed by atoms with van der Waals surface area (Å²) in [6, 6.07) is 3.74. The number of hydrogen-bond acceptors (Lipinski definition) is 4. The molecule has 1 aromatic carbocycles. The maximum Gasteiger partial charge on any atom is 0.232 e. The Hall–Kier alpha value is -2.08. The van der Waals surface area contributed by atoms with Crippen LogP contribution in [0, 0.1) is 18.6 Å². The summed E-state index contributed by atoms with van der Waals surface area (Å²) in [7, 11) is 0. The molecule has 23 heavy (non-hydrogen) atoms. The number of benzene rings is 1. The second kappa shape index (κ2) is 7.00. The van der Waals surface area contributed by atoms with Crippen LogP contribution < -0.4 is 4.74 Å². The van der Waals surface area contributed by atoms with Gasteiger partial charge in [-0.2, -0.15) is 0 Å². The first-order valence-corrected chi connectivity index (χ1v) is 7.72. The average molecular weight is 319 g/mol. The van der Waals surface area contributed by atoms with Crippen LogP contribution in [0.25, 0.3) is 0 Å². The van der Waals surface area contributed by atoms with Crippen molar-refractivity contribution in [1.82, 2.24) is 14.9 Å². The molecule has 0 atom stereocenters. The number of ether oxygens (including phenoxy) is 1. The summed E-state index contributed by atoms with van der Waals surface area (Å²) in [5, 5.41) is 0. The van der Waals surface area contributed by atoms with E-state index in [1.165, 1.54) is 12.1 Å². The highest BCUT2D eigenvalue weighted by Gasteiger charge is 2.22. The summed E-state index contributed by atoms with van der Waals surface area (Å²) in [5.41, 5.74) is 1.35. The lowest BCUT2D eigenvalue weighted by atomic mass is 10.1. The molecule has 0 amide bonds. The topological polar surface area (TPSA) is 38.2 Å². The zero-order valence-electron chi connectivity index (χ0n) is 13.0. The molecule has 1 aromatic heterocycles. The van der Waals surface area contributed by atoms with Gasteiger partial charge in [0, 0.05) is 37.5 Å². The van der Waals surface area contributed by atoms with Gasteiger partial charge in [-0.3, -0.25) is 9.88 Å². The largest absolute Gasteiger partial charge is 0.473 e. The van der Waals surface area contributed by atoms with Gasteiger partial charge in [0.25, 0.3) is 0 Å². The van der Waals surface area contributed by atoms with Crippen molar-refractivity contribution < 1.29 is 13.5 Å². The van der Waals surface area contributed by atoms with Crippen LogP contribution in [-0.2, 0) is 6.54 Å². The number of aromatic nitrogens is 2. The summed E-state index contributed by atoms with van der Waals surface area (Å²) >= 11 is 0. The van der Waals surface area contributed by atoms with Crippen molar-refractivity contribution >= 4 is 0 Å². The first kappa shape index (κ1) is 15.8. The van der Waals surface area contributed by atoms with Crippen LogP contribution >= 0.6 is 0 Å². The summed E-state index contributed by atoms with van der Waals surface area (Å²) in [4.78, 5) is 10.5. The smallest absolute Gasteiger partial charge is 0.232 e. The number of hydrogen-bond donors (Lipinski definition) is 0. The Bertz CT molecular complexity index is 673. The van der Waals surface area contributed by atoms with Crippen LogP contribution in [0.5, 0.6) is 5.88 Å². The first-order valence-electron chi connectivity index (χ1n) is 7.72. The van der Waals surface area contributed by atoms with Crippen molar-refractivity contribution in [2.75, 3.05) is 13.1 Å². The van der Waals surface area contributed by atoms with Crippen LogP contribution in [0.15, 0.2) is 30.6 Å². The molecule has 3 rings (SSSR count). The highest BCUT2D eigenvalue weighted by atomic mass is 19.1. The predicted octanol–water partition coefficient (Wildman–Crippen LogP) is 3.11. The van der Waals surface area contributed by atoms with E-state index in [1.807, 2.05) is 6.92 Å². The Morgan fingerprint density at radius 2 is 2.00 bits per heavy atom. The molecule has 1 saturated heterocycles. The van der Waals surface area contributed by atoms with Crippen LogP contribution in [0.2, 0.25) is 0 Å². The van der Waals surface area contributed by atoms with Crippen LogP contribution in [0.1, 0.15) is 24.1 Å². The third kappa shape index (κ3) is 4.22. The number of likely N-dealkylation sites (tertiary alicyclic amines) is 1. The molecule has 0 aliphatic carbocycles. The van der Waals surface area contributed by atoms with Crippen LogP contribution in [-0.4, -0.2) is 34.1 Å². The minimum Gasteiger partial charge on any atom is -0.473 e. The molecule has 0 radical (unpaired) electrons. The fourth-order valence-corrected chi connectivity index (χ4v) is 2.74. The van der Waals surface area contributed by atoms with Crippen molar-refractivity contribution in [1.29, 1.82) is 0 Å². The molecule has 1 aliphatic rings. The monoisotopic (exact) mass is 319 g/mol. The van der Waals surface area contributed by atoms with Crippen LogP contribution in [0.3, 0.4) is 0 Å². The molecule has 1 fully saturated rings. The minimum atomic E-state index is -0.544. The van der Waals surface area contributed by atoms with Gasteiger partial charge in [-0.1, -0.05) is 6.07 Å². The Morgan fingerprint density at radius 3 is 2.70 bits per heavy atom. The van der Waals surface area contributed by atoms with Crippen molar-refractivity contribution in [2.45, 2.75) is 32.4 Å². The van der Waals surface area contributed by atoms with Gasteiger partial charge >= 0.3 is 0 Å². The quantitative estimate of drug-likeness (QED) is 0.868. The second-order valence-electron chi connectivity index (χ2n) is 5.83. The van der Waals surface area contributed by atoms with Crippen molar-refractivity contribution in [3.05, 3.63) is 53.5 Å². The van der Waals surface area contributed by atoms with Crippen molar-refractivity contribution in [3.8, 4) is 5.88 Å². The molecule has 122 valence electrons. The van der Waals surface area contributed by atoms with E-state index in [4.69, 9.17) is 4.74 Å². The summed E-state index contributed by atoms with van der Waals surface area (Å²) in [6.07, 6.45) is 5.09. The fourth-order valence-electron chi connectivity index (χ4n) is 2.74. The Balaban J connectivity index is 1.52. The standard InChI is InChI=1S/C17H19F2N3O/c1-12-9-20-10-17(21-12)23-15-4-6-22(7-5-15)11-13-2-3-14(18)8-16(13)19/h2-3,8-10,15H,4-7,11H2,1H3. The van der Waals surface area contributed by atoms with E-state index in [1.54, 1.807) is 12.4 Å². The summed E-state index contributed by atoms with van der Waals surface area (Å²) in [6.45, 7) is 3.98. The predicted molar refractivity (Wildman–Crippen MR) is 82.1 cm³/mol. The molecular weight excluding hydrogens is 300 g/mol. The Morgan fingerprint density at radius 1 is 1.22 bits per heavy atom. The third-order valence-corrected chi connectivity index (χ3v) is 3.96. The van der Waals surface area contributed by atoms with Gasteiger partial charge in [-0.25, -0.2) is 13.8 Å². The lowest BCUT2D eigenvalue weighted by Gasteiger charge is -2.31. The zero-order valence-corrected chi connectivity index (χ0v) is 13.0. The Kier molecular flexibility index (Phi) is 4.81. The van der Waals surface area contributed by atoms with Gasteiger partial charge < -0.3 is 4.74 Å². The summed E-state index contributed by atoms with van der Waals surface area (Å²) in [5.74, 6) is -0.482. The molecule has 2 heterocycles. The number of aryl methyl sites for hydroxylation is 1. The van der Waals surface area contributed by atoms with E-state index in [-0.39, 0.29) is 6.10 Å². The zero-order chi connectivity index (χ0) is 16.2. The van der Waals surface area contributed by atoms with Gasteiger partial charge in [-0.15, -0.1) is 0 Å². The normalized spacial score (nSPS) is 16.5. The third-order valence-electron chi connectivity index (χ3n) is 3.96. The molecule has 0 bridgehead atoms. The molecule has 0 N–H and O–H groups in total. The van der Waals surface area contributed by atoms with Gasteiger partial charge in [-0.05, 0) is 25.8 Å². The van der Waals surface area contributed by atoms with Crippen molar-refractivity contribution in [3.63, 3.8) is 0 Å². The van der Waals surface area contributed by atoms with Crippen LogP contribution in [0.4, 0.5) is 8.78 Å². The molecule has 4 nitrogen and oxygen atoms in total. The lowest BCUT2D eigenvalue weighted by molar-refractivity contribution is 0.0922.